The minimum absolute atomic E-state index is 0.622. The molecule has 0 aliphatic carbocycles. The topological polar surface area (TPSA) is 35.2 Å². The lowest BCUT2D eigenvalue weighted by atomic mass is 10.0. The van der Waals surface area contributed by atoms with Crippen LogP contribution in [0.5, 0.6) is 5.75 Å². The van der Waals surface area contributed by atoms with Gasteiger partial charge in [-0.15, -0.1) is 0 Å². The van der Waals surface area contributed by atoms with Crippen molar-refractivity contribution in [2.24, 2.45) is 5.73 Å². The minimum atomic E-state index is 0.622. The molecule has 0 saturated carbocycles. The largest absolute Gasteiger partial charge is 0.496 e. The van der Waals surface area contributed by atoms with E-state index in [9.17, 15) is 0 Å². The van der Waals surface area contributed by atoms with Crippen molar-refractivity contribution in [2.45, 2.75) is 6.42 Å². The average Bonchev–Trinajstić information content (AvgIpc) is 2.19. The van der Waals surface area contributed by atoms with Crippen LogP contribution in [0.3, 0.4) is 0 Å². The molecule has 0 radical (unpaired) electrons. The lowest BCUT2D eigenvalue weighted by Gasteiger charge is -2.08. The highest BCUT2D eigenvalue weighted by Crippen LogP contribution is 2.28. The van der Waals surface area contributed by atoms with Gasteiger partial charge in [-0.05, 0) is 52.2 Å². The maximum absolute atomic E-state index is 5.47. The summed E-state index contributed by atoms with van der Waals surface area (Å²) in [5.74, 6) is 0.820. The van der Waals surface area contributed by atoms with Crippen LogP contribution < -0.4 is 10.5 Å². The highest BCUT2D eigenvalue weighted by Gasteiger charge is 2.03. The first-order chi connectivity index (χ1) is 6.69. The van der Waals surface area contributed by atoms with Crippen molar-refractivity contribution in [1.82, 2.24) is 0 Å². The zero-order chi connectivity index (χ0) is 10.6. The van der Waals surface area contributed by atoms with E-state index >= 15 is 0 Å². The van der Waals surface area contributed by atoms with Crippen LogP contribution in [0, 0.1) is 0 Å². The first-order valence-corrected chi connectivity index (χ1v) is 5.20. The Bertz CT molecular complexity index is 336. The lowest BCUT2D eigenvalue weighted by molar-refractivity contribution is 0.412. The third kappa shape index (κ3) is 2.59. The summed E-state index contributed by atoms with van der Waals surface area (Å²) in [7, 11) is 1.65. The number of hydrogen-bond acceptors (Lipinski definition) is 2. The fourth-order valence-corrected chi connectivity index (χ4v) is 1.61. The first kappa shape index (κ1) is 11.3. The molecule has 1 aromatic rings. The van der Waals surface area contributed by atoms with Crippen LogP contribution in [-0.4, -0.2) is 13.7 Å². The Hall–Kier alpha value is -0.800. The number of hydrogen-bond donors (Lipinski definition) is 1. The minimum Gasteiger partial charge on any atom is -0.496 e. The number of halogens is 1. The smallest absolute Gasteiger partial charge is 0.133 e. The molecular weight excluding hydrogens is 242 g/mol. The third-order valence-corrected chi connectivity index (χ3v) is 2.66. The maximum Gasteiger partial charge on any atom is 0.133 e. The molecule has 2 nitrogen and oxygen atoms in total. The molecule has 0 aromatic heterocycles. The summed E-state index contributed by atoms with van der Waals surface area (Å²) in [6, 6.07) is 5.92. The van der Waals surface area contributed by atoms with E-state index in [1.807, 2.05) is 18.2 Å². The highest BCUT2D eigenvalue weighted by molar-refractivity contribution is 9.10. The fraction of sp³-hybridized carbons (Fsp3) is 0.273. The maximum atomic E-state index is 5.47. The van der Waals surface area contributed by atoms with Gasteiger partial charge in [-0.3, -0.25) is 0 Å². The van der Waals surface area contributed by atoms with Crippen molar-refractivity contribution in [3.63, 3.8) is 0 Å². The van der Waals surface area contributed by atoms with Crippen LogP contribution in [0.1, 0.15) is 12.0 Å². The van der Waals surface area contributed by atoms with Crippen LogP contribution in [-0.2, 0) is 0 Å². The zero-order valence-corrected chi connectivity index (χ0v) is 9.80. The van der Waals surface area contributed by atoms with E-state index in [0.717, 1.165) is 27.8 Å². The number of rotatable bonds is 4. The molecule has 0 atom stereocenters. The van der Waals surface area contributed by atoms with Gasteiger partial charge in [0.15, 0.2) is 0 Å². The summed E-state index contributed by atoms with van der Waals surface area (Å²) in [5.41, 5.74) is 7.59. The molecule has 1 aromatic carbocycles. The van der Waals surface area contributed by atoms with Crippen LogP contribution in [0.4, 0.5) is 0 Å². The van der Waals surface area contributed by atoms with Crippen molar-refractivity contribution in [2.75, 3.05) is 13.7 Å². The molecule has 0 aliphatic heterocycles. The molecule has 76 valence electrons. The van der Waals surface area contributed by atoms with Gasteiger partial charge in [0.05, 0.1) is 11.6 Å². The van der Waals surface area contributed by atoms with Crippen molar-refractivity contribution in [3.8, 4) is 5.75 Å². The van der Waals surface area contributed by atoms with Gasteiger partial charge in [0.25, 0.3) is 0 Å². The number of nitrogens with two attached hydrogens (primary N) is 1. The summed E-state index contributed by atoms with van der Waals surface area (Å²) in [5, 5.41) is 0. The van der Waals surface area contributed by atoms with Crippen molar-refractivity contribution < 1.29 is 4.74 Å². The van der Waals surface area contributed by atoms with Gasteiger partial charge in [-0.1, -0.05) is 12.6 Å². The Morgan fingerprint density at radius 1 is 1.57 bits per heavy atom. The van der Waals surface area contributed by atoms with Crippen molar-refractivity contribution >= 4 is 21.5 Å². The van der Waals surface area contributed by atoms with Gasteiger partial charge in [-0.2, -0.15) is 0 Å². The Labute approximate surface area is 92.9 Å². The van der Waals surface area contributed by atoms with E-state index in [1.54, 1.807) is 7.11 Å². The molecule has 0 aliphatic rings. The molecule has 0 saturated heterocycles. The Balaban J connectivity index is 2.94. The second-order valence-corrected chi connectivity index (χ2v) is 3.85. The van der Waals surface area contributed by atoms with E-state index in [4.69, 9.17) is 10.5 Å². The van der Waals surface area contributed by atoms with Crippen molar-refractivity contribution in [3.05, 3.63) is 34.8 Å². The molecule has 2 N–H and O–H groups in total. The van der Waals surface area contributed by atoms with Crippen LogP contribution >= 0.6 is 15.9 Å². The monoisotopic (exact) mass is 255 g/mol. The van der Waals surface area contributed by atoms with Gasteiger partial charge in [0.1, 0.15) is 5.75 Å². The van der Waals surface area contributed by atoms with Crippen molar-refractivity contribution in [1.29, 1.82) is 0 Å². The van der Waals surface area contributed by atoms with Gasteiger partial charge >= 0.3 is 0 Å². The SMILES string of the molecule is C=C(CCN)c1ccc(Br)c(OC)c1. The molecule has 0 heterocycles. The normalized spacial score (nSPS) is 9.93. The summed E-state index contributed by atoms with van der Waals surface area (Å²) >= 11 is 3.40. The van der Waals surface area contributed by atoms with E-state index in [1.165, 1.54) is 0 Å². The molecule has 1 rings (SSSR count). The summed E-state index contributed by atoms with van der Waals surface area (Å²) in [4.78, 5) is 0. The summed E-state index contributed by atoms with van der Waals surface area (Å²) in [6.07, 6.45) is 0.810. The quantitative estimate of drug-likeness (QED) is 0.899. The Morgan fingerprint density at radius 3 is 2.86 bits per heavy atom. The van der Waals surface area contributed by atoms with Crippen LogP contribution in [0.2, 0.25) is 0 Å². The third-order valence-electron chi connectivity index (χ3n) is 2.01. The van der Waals surface area contributed by atoms with Crippen LogP contribution in [0.15, 0.2) is 29.3 Å². The second-order valence-electron chi connectivity index (χ2n) is 2.99. The van der Waals surface area contributed by atoms with Crippen LogP contribution in [0.25, 0.3) is 5.57 Å². The molecule has 0 unspecified atom stereocenters. The standard InChI is InChI=1S/C11H14BrNO/c1-8(5-6-13)9-3-4-10(12)11(7-9)14-2/h3-4,7H,1,5-6,13H2,2H3. The molecule has 14 heavy (non-hydrogen) atoms. The molecule has 0 bridgehead atoms. The number of methoxy groups -OCH3 is 1. The predicted octanol–water partition coefficient (Wildman–Crippen LogP) is 2.82. The molecule has 3 heteroatoms. The van der Waals surface area contributed by atoms with Gasteiger partial charge in [0, 0.05) is 0 Å². The highest BCUT2D eigenvalue weighted by atomic mass is 79.9. The molecular formula is C11H14BrNO. The molecule has 0 fully saturated rings. The summed E-state index contributed by atoms with van der Waals surface area (Å²) in [6.45, 7) is 4.59. The number of ether oxygens (including phenoxy) is 1. The van der Waals surface area contributed by atoms with E-state index in [2.05, 4.69) is 22.5 Å². The molecule has 0 spiro atoms. The first-order valence-electron chi connectivity index (χ1n) is 4.40. The zero-order valence-electron chi connectivity index (χ0n) is 8.22. The lowest BCUT2D eigenvalue weighted by Crippen LogP contribution is -1.99. The summed E-state index contributed by atoms with van der Waals surface area (Å²) < 4.78 is 6.14. The fourth-order valence-electron chi connectivity index (χ4n) is 1.20. The van der Waals surface area contributed by atoms with Gasteiger partial charge < -0.3 is 10.5 Å². The second kappa shape index (κ2) is 5.17. The van der Waals surface area contributed by atoms with Gasteiger partial charge in [-0.25, -0.2) is 0 Å². The predicted molar refractivity (Wildman–Crippen MR) is 63.4 cm³/mol. The van der Waals surface area contributed by atoms with E-state index in [-0.39, 0.29) is 0 Å². The van der Waals surface area contributed by atoms with E-state index in [0.29, 0.717) is 6.54 Å². The number of benzene rings is 1. The molecule has 0 amide bonds. The Morgan fingerprint density at radius 2 is 2.29 bits per heavy atom. The van der Waals surface area contributed by atoms with E-state index < -0.39 is 0 Å². The average molecular weight is 256 g/mol. The Kier molecular flexibility index (Phi) is 4.17. The van der Waals surface area contributed by atoms with Gasteiger partial charge in [0.2, 0.25) is 0 Å².